The predicted octanol–water partition coefficient (Wildman–Crippen LogP) is 3.48. The molecule has 0 spiro atoms. The molecule has 0 aliphatic carbocycles. The van der Waals surface area contributed by atoms with Gasteiger partial charge in [0.25, 0.3) is 0 Å². The molecule has 0 saturated carbocycles. The summed E-state index contributed by atoms with van der Waals surface area (Å²) in [7, 11) is 0. The van der Waals surface area contributed by atoms with E-state index >= 15 is 0 Å². The van der Waals surface area contributed by atoms with Gasteiger partial charge in [0.1, 0.15) is 0 Å². The Morgan fingerprint density at radius 2 is 2.06 bits per heavy atom. The third-order valence-corrected chi connectivity index (χ3v) is 3.39. The highest BCUT2D eigenvalue weighted by molar-refractivity contribution is 7.07. The monoisotopic (exact) mass is 254 g/mol. The minimum Gasteiger partial charge on any atom is -0.385 e. The summed E-state index contributed by atoms with van der Waals surface area (Å²) in [5.41, 5.74) is -0.514. The molecule has 1 heterocycles. The molecule has 1 atom stereocenters. The number of rotatable bonds is 3. The lowest BCUT2D eigenvalue weighted by Gasteiger charge is -2.24. The highest BCUT2D eigenvalue weighted by Gasteiger charge is 2.28. The summed E-state index contributed by atoms with van der Waals surface area (Å²) in [5.74, 6) is -1.92. The summed E-state index contributed by atoms with van der Waals surface area (Å²) in [6.45, 7) is 1.49. The number of hydrogen-bond acceptors (Lipinski definition) is 2. The van der Waals surface area contributed by atoms with Crippen molar-refractivity contribution >= 4 is 11.3 Å². The highest BCUT2D eigenvalue weighted by atomic mass is 32.1. The lowest BCUT2D eigenvalue weighted by atomic mass is 9.89. The molecule has 0 amide bonds. The lowest BCUT2D eigenvalue weighted by Crippen LogP contribution is -2.26. The van der Waals surface area contributed by atoms with Crippen molar-refractivity contribution in [2.75, 3.05) is 0 Å². The summed E-state index contributed by atoms with van der Waals surface area (Å²) in [5, 5.41) is 14.0. The van der Waals surface area contributed by atoms with Gasteiger partial charge in [-0.1, -0.05) is 12.1 Å². The molecule has 1 nitrogen and oxygen atoms in total. The fourth-order valence-corrected chi connectivity index (χ4v) is 2.47. The Morgan fingerprint density at radius 3 is 2.71 bits per heavy atom. The van der Waals surface area contributed by atoms with Crippen LogP contribution in [0.15, 0.2) is 35.0 Å². The van der Waals surface area contributed by atoms with Crippen molar-refractivity contribution in [1.29, 1.82) is 0 Å². The molecule has 2 aromatic rings. The molecule has 0 radical (unpaired) electrons. The van der Waals surface area contributed by atoms with Crippen LogP contribution in [0.4, 0.5) is 8.78 Å². The van der Waals surface area contributed by atoms with E-state index in [9.17, 15) is 13.9 Å². The zero-order valence-corrected chi connectivity index (χ0v) is 10.1. The minimum atomic E-state index is -1.41. The minimum absolute atomic E-state index is 0.0105. The van der Waals surface area contributed by atoms with Gasteiger partial charge in [0.2, 0.25) is 0 Å². The Bertz CT molecular complexity index is 506. The summed E-state index contributed by atoms with van der Waals surface area (Å²) in [6, 6.07) is 5.70. The van der Waals surface area contributed by atoms with E-state index in [1.807, 2.05) is 16.8 Å². The van der Waals surface area contributed by atoms with E-state index < -0.39 is 17.2 Å². The Balaban J connectivity index is 2.34. The SMILES string of the molecule is CC(O)(Cc1ccsc1)c1cccc(F)c1F. The van der Waals surface area contributed by atoms with Gasteiger partial charge in [0, 0.05) is 12.0 Å². The molecule has 1 unspecified atom stereocenters. The van der Waals surface area contributed by atoms with Gasteiger partial charge in [-0.15, -0.1) is 0 Å². The first kappa shape index (κ1) is 12.2. The van der Waals surface area contributed by atoms with E-state index in [4.69, 9.17) is 0 Å². The van der Waals surface area contributed by atoms with Crippen LogP contribution in [0, 0.1) is 11.6 Å². The first-order valence-electron chi connectivity index (χ1n) is 5.18. The maximum atomic E-state index is 13.6. The maximum Gasteiger partial charge on any atom is 0.164 e. The molecule has 1 aromatic carbocycles. The van der Waals surface area contributed by atoms with Crippen LogP contribution in [0.25, 0.3) is 0 Å². The molecule has 1 N–H and O–H groups in total. The van der Waals surface area contributed by atoms with E-state index in [0.717, 1.165) is 11.6 Å². The van der Waals surface area contributed by atoms with Gasteiger partial charge in [0.15, 0.2) is 11.6 Å². The molecule has 0 saturated heterocycles. The van der Waals surface area contributed by atoms with Crippen molar-refractivity contribution in [3.05, 3.63) is 57.8 Å². The molecular formula is C13H12F2OS. The first-order chi connectivity index (χ1) is 8.00. The number of benzene rings is 1. The van der Waals surface area contributed by atoms with Gasteiger partial charge in [0.05, 0.1) is 5.60 Å². The third kappa shape index (κ3) is 2.53. The van der Waals surface area contributed by atoms with Gasteiger partial charge in [-0.3, -0.25) is 0 Å². The molecule has 17 heavy (non-hydrogen) atoms. The predicted molar refractivity (Wildman–Crippen MR) is 64.0 cm³/mol. The van der Waals surface area contributed by atoms with E-state index in [-0.39, 0.29) is 12.0 Å². The van der Waals surface area contributed by atoms with E-state index in [1.54, 1.807) is 0 Å². The average Bonchev–Trinajstić information content (AvgIpc) is 2.73. The molecular weight excluding hydrogens is 242 g/mol. The molecule has 90 valence electrons. The summed E-state index contributed by atoms with van der Waals surface area (Å²) >= 11 is 1.50. The van der Waals surface area contributed by atoms with Crippen molar-refractivity contribution in [2.24, 2.45) is 0 Å². The summed E-state index contributed by atoms with van der Waals surface area (Å²) in [6.07, 6.45) is 0.261. The van der Waals surface area contributed by atoms with E-state index in [2.05, 4.69) is 0 Å². The Hall–Kier alpha value is -1.26. The molecule has 0 aliphatic heterocycles. The van der Waals surface area contributed by atoms with Crippen LogP contribution in [-0.4, -0.2) is 5.11 Å². The van der Waals surface area contributed by atoms with Gasteiger partial charge < -0.3 is 5.11 Å². The van der Waals surface area contributed by atoms with Gasteiger partial charge >= 0.3 is 0 Å². The number of aliphatic hydroxyl groups is 1. The zero-order chi connectivity index (χ0) is 12.5. The lowest BCUT2D eigenvalue weighted by molar-refractivity contribution is 0.0531. The Labute approximate surface area is 102 Å². The van der Waals surface area contributed by atoms with Crippen LogP contribution in [-0.2, 0) is 12.0 Å². The standard InChI is InChI=1S/C13H12F2OS/c1-13(16,7-9-5-6-17-8-9)10-3-2-4-11(14)12(10)15/h2-6,8,16H,7H2,1H3. The molecule has 0 fully saturated rings. The smallest absolute Gasteiger partial charge is 0.164 e. The van der Waals surface area contributed by atoms with Gasteiger partial charge in [-0.25, -0.2) is 8.78 Å². The number of hydrogen-bond donors (Lipinski definition) is 1. The van der Waals surface area contributed by atoms with Gasteiger partial charge in [-0.05, 0) is 35.4 Å². The van der Waals surface area contributed by atoms with Crippen LogP contribution in [0.3, 0.4) is 0 Å². The summed E-state index contributed by atoms with van der Waals surface area (Å²) < 4.78 is 26.7. The van der Waals surface area contributed by atoms with Crippen LogP contribution >= 0.6 is 11.3 Å². The first-order valence-corrected chi connectivity index (χ1v) is 6.13. The van der Waals surface area contributed by atoms with Crippen molar-refractivity contribution < 1.29 is 13.9 Å². The fraction of sp³-hybridized carbons (Fsp3) is 0.231. The molecule has 4 heteroatoms. The second-order valence-electron chi connectivity index (χ2n) is 4.18. The molecule has 2 rings (SSSR count). The van der Waals surface area contributed by atoms with Crippen molar-refractivity contribution in [2.45, 2.75) is 18.9 Å². The fourth-order valence-electron chi connectivity index (χ4n) is 1.81. The van der Waals surface area contributed by atoms with Crippen LogP contribution in [0.1, 0.15) is 18.1 Å². The van der Waals surface area contributed by atoms with E-state index in [0.29, 0.717) is 0 Å². The number of halogens is 2. The summed E-state index contributed by atoms with van der Waals surface area (Å²) in [4.78, 5) is 0. The molecule has 0 bridgehead atoms. The van der Waals surface area contributed by atoms with E-state index in [1.165, 1.54) is 30.4 Å². The average molecular weight is 254 g/mol. The third-order valence-electron chi connectivity index (χ3n) is 2.66. The Kier molecular flexibility index (Phi) is 3.26. The van der Waals surface area contributed by atoms with Crippen LogP contribution in [0.5, 0.6) is 0 Å². The quantitative estimate of drug-likeness (QED) is 0.889. The van der Waals surface area contributed by atoms with Crippen LogP contribution < -0.4 is 0 Å². The zero-order valence-electron chi connectivity index (χ0n) is 9.28. The van der Waals surface area contributed by atoms with Crippen molar-refractivity contribution in [3.63, 3.8) is 0 Å². The normalized spacial score (nSPS) is 14.6. The Morgan fingerprint density at radius 1 is 1.29 bits per heavy atom. The highest BCUT2D eigenvalue weighted by Crippen LogP contribution is 2.29. The second kappa shape index (κ2) is 4.55. The second-order valence-corrected chi connectivity index (χ2v) is 4.96. The topological polar surface area (TPSA) is 20.2 Å². The molecule has 0 aliphatic rings. The number of thiophene rings is 1. The van der Waals surface area contributed by atoms with Crippen LogP contribution in [0.2, 0.25) is 0 Å². The maximum absolute atomic E-state index is 13.6. The van der Waals surface area contributed by atoms with Crippen molar-refractivity contribution in [1.82, 2.24) is 0 Å². The largest absolute Gasteiger partial charge is 0.385 e. The molecule has 1 aromatic heterocycles. The van der Waals surface area contributed by atoms with Crippen molar-refractivity contribution in [3.8, 4) is 0 Å². The van der Waals surface area contributed by atoms with Gasteiger partial charge in [-0.2, -0.15) is 11.3 Å².